The molecule has 0 aromatic heterocycles. The van der Waals surface area contributed by atoms with Crippen molar-refractivity contribution in [1.82, 2.24) is 5.43 Å². The lowest BCUT2D eigenvalue weighted by molar-refractivity contribution is -0.117. The summed E-state index contributed by atoms with van der Waals surface area (Å²) in [5.41, 5.74) is 5.20. The van der Waals surface area contributed by atoms with Crippen molar-refractivity contribution in [3.8, 4) is 11.5 Å². The summed E-state index contributed by atoms with van der Waals surface area (Å²) in [7, 11) is 0. The molecule has 1 saturated heterocycles. The van der Waals surface area contributed by atoms with Crippen LogP contribution in [0.1, 0.15) is 17.5 Å². The minimum Gasteiger partial charge on any atom is -0.493 e. The van der Waals surface area contributed by atoms with Gasteiger partial charge in [0.15, 0.2) is 0 Å². The maximum Gasteiger partial charge on any atom is 0.282 e. The molecule has 3 aromatic carbocycles. The number of aryl methyl sites for hydroxylation is 1. The van der Waals surface area contributed by atoms with Crippen molar-refractivity contribution in [2.45, 2.75) is 13.3 Å². The van der Waals surface area contributed by atoms with Gasteiger partial charge in [-0.3, -0.25) is 15.0 Å². The van der Waals surface area contributed by atoms with E-state index in [0.717, 1.165) is 12.2 Å². The number of hydrogen-bond donors (Lipinski definition) is 1. The van der Waals surface area contributed by atoms with Crippen LogP contribution >= 0.6 is 0 Å². The summed E-state index contributed by atoms with van der Waals surface area (Å²) in [5, 5.41) is 1.25. The van der Waals surface area contributed by atoms with Crippen LogP contribution in [-0.4, -0.2) is 25.0 Å². The Bertz CT molecular complexity index is 1120. The third kappa shape index (κ3) is 5.16. The summed E-state index contributed by atoms with van der Waals surface area (Å²) in [6, 6.07) is 24.2. The second-order valence-electron chi connectivity index (χ2n) is 7.41. The first kappa shape index (κ1) is 21.2. The molecule has 162 valence electrons. The topological polar surface area (TPSA) is 67.9 Å². The highest BCUT2D eigenvalue weighted by Crippen LogP contribution is 2.22. The normalized spacial score (nSPS) is 14.5. The molecule has 0 radical (unpaired) electrons. The fraction of sp³-hybridized carbons (Fsp3) is 0.154. The van der Waals surface area contributed by atoms with Gasteiger partial charge < -0.3 is 9.47 Å². The average Bonchev–Trinajstić information content (AvgIpc) is 3.09. The van der Waals surface area contributed by atoms with Crippen molar-refractivity contribution >= 4 is 23.6 Å². The molecule has 1 N–H and O–H groups in total. The van der Waals surface area contributed by atoms with Crippen LogP contribution in [0.2, 0.25) is 0 Å². The van der Waals surface area contributed by atoms with Crippen LogP contribution in [0.3, 0.4) is 0 Å². The minimum atomic E-state index is -0.432. The fourth-order valence-electron chi connectivity index (χ4n) is 3.25. The van der Waals surface area contributed by atoms with E-state index in [9.17, 15) is 9.59 Å². The van der Waals surface area contributed by atoms with Gasteiger partial charge in [0.05, 0.1) is 18.9 Å². The largest absolute Gasteiger partial charge is 0.493 e. The van der Waals surface area contributed by atoms with E-state index in [2.05, 4.69) is 5.43 Å². The molecule has 0 atom stereocenters. The van der Waals surface area contributed by atoms with Crippen LogP contribution in [0.15, 0.2) is 84.4 Å². The number of para-hydroxylation sites is 1. The van der Waals surface area contributed by atoms with Crippen molar-refractivity contribution in [3.63, 3.8) is 0 Å². The Labute approximate surface area is 187 Å². The summed E-state index contributed by atoms with van der Waals surface area (Å²) in [6.45, 7) is 3.08. The maximum absolute atomic E-state index is 12.7. The van der Waals surface area contributed by atoms with Gasteiger partial charge in [0, 0.05) is 6.42 Å². The predicted octanol–water partition coefficient (Wildman–Crippen LogP) is 4.30. The predicted molar refractivity (Wildman–Crippen MR) is 123 cm³/mol. The van der Waals surface area contributed by atoms with Crippen LogP contribution in [0.5, 0.6) is 11.5 Å². The van der Waals surface area contributed by atoms with Gasteiger partial charge in [-0.15, -0.1) is 0 Å². The van der Waals surface area contributed by atoms with Crippen molar-refractivity contribution in [2.75, 3.05) is 18.2 Å². The Hall–Kier alpha value is -4.06. The molecule has 1 aliphatic rings. The smallest absolute Gasteiger partial charge is 0.282 e. The second kappa shape index (κ2) is 9.83. The van der Waals surface area contributed by atoms with Gasteiger partial charge in [0.1, 0.15) is 17.1 Å². The average molecular weight is 428 g/mol. The summed E-state index contributed by atoms with van der Waals surface area (Å²) in [4.78, 5) is 25.1. The van der Waals surface area contributed by atoms with Crippen LogP contribution in [0.4, 0.5) is 5.69 Å². The molecule has 0 aliphatic carbocycles. The third-order valence-electron chi connectivity index (χ3n) is 4.92. The number of hydrogen-bond acceptors (Lipinski definition) is 4. The van der Waals surface area contributed by atoms with E-state index < -0.39 is 5.91 Å². The van der Waals surface area contributed by atoms with E-state index in [0.29, 0.717) is 30.2 Å². The number of hydrazine groups is 1. The Morgan fingerprint density at radius 2 is 1.56 bits per heavy atom. The molecule has 6 heteroatoms. The molecular formula is C26H24N2O4. The Morgan fingerprint density at radius 1 is 0.844 bits per heavy atom. The summed E-state index contributed by atoms with van der Waals surface area (Å²) in [6.07, 6.45) is 2.31. The Kier molecular flexibility index (Phi) is 6.51. The number of benzene rings is 3. The van der Waals surface area contributed by atoms with Crippen molar-refractivity contribution < 1.29 is 19.1 Å². The first-order valence-corrected chi connectivity index (χ1v) is 10.4. The zero-order chi connectivity index (χ0) is 22.3. The molecule has 32 heavy (non-hydrogen) atoms. The van der Waals surface area contributed by atoms with E-state index in [4.69, 9.17) is 9.47 Å². The molecule has 0 saturated carbocycles. The first-order valence-electron chi connectivity index (χ1n) is 10.4. The maximum atomic E-state index is 12.7. The summed E-state index contributed by atoms with van der Waals surface area (Å²) in [5.74, 6) is 0.688. The van der Waals surface area contributed by atoms with Gasteiger partial charge >= 0.3 is 0 Å². The van der Waals surface area contributed by atoms with E-state index in [1.807, 2.05) is 67.6 Å². The number of carbonyl (C=O) groups is 2. The van der Waals surface area contributed by atoms with Crippen molar-refractivity contribution in [2.24, 2.45) is 0 Å². The molecule has 6 nitrogen and oxygen atoms in total. The minimum absolute atomic E-state index is 0.0810. The van der Waals surface area contributed by atoms with Gasteiger partial charge in [-0.05, 0) is 55.0 Å². The number of nitrogens with one attached hydrogen (secondary N) is 1. The molecule has 1 heterocycles. The Morgan fingerprint density at radius 3 is 2.31 bits per heavy atom. The number of nitrogens with zero attached hydrogens (tertiary/aromatic N) is 1. The number of amides is 2. The van der Waals surface area contributed by atoms with Gasteiger partial charge in [0.25, 0.3) is 11.8 Å². The van der Waals surface area contributed by atoms with E-state index in [-0.39, 0.29) is 11.5 Å². The number of ether oxygens (including phenoxy) is 2. The van der Waals surface area contributed by atoms with Crippen LogP contribution < -0.4 is 19.9 Å². The third-order valence-corrected chi connectivity index (χ3v) is 4.92. The molecular weight excluding hydrogens is 404 g/mol. The first-order chi connectivity index (χ1) is 15.6. The lowest BCUT2D eigenvalue weighted by atomic mass is 10.1. The molecule has 3 aromatic rings. The number of rotatable bonds is 8. The monoisotopic (exact) mass is 428 g/mol. The van der Waals surface area contributed by atoms with Crippen LogP contribution in [-0.2, 0) is 9.59 Å². The standard InChI is InChI=1S/C26H24N2O4/c1-19-11-13-22(14-12-19)31-15-6-16-32-23-10-5-7-20(17-23)18-24-25(29)27-28(26(24)30)21-8-3-2-4-9-21/h2-5,7-14,17-18H,6,15-16H2,1H3,(H,27,29)/b24-18-. The number of carbonyl (C=O) groups excluding carboxylic acids is 2. The zero-order valence-corrected chi connectivity index (χ0v) is 17.8. The highest BCUT2D eigenvalue weighted by atomic mass is 16.5. The highest BCUT2D eigenvalue weighted by molar-refractivity contribution is 6.31. The lowest BCUT2D eigenvalue weighted by Crippen LogP contribution is -2.35. The molecule has 1 fully saturated rings. The highest BCUT2D eigenvalue weighted by Gasteiger charge is 2.34. The SMILES string of the molecule is Cc1ccc(OCCCOc2cccc(/C=C3/C(=O)NN(c4ccccc4)C3=O)c2)cc1. The quantitative estimate of drug-likeness (QED) is 0.330. The molecule has 0 bridgehead atoms. The van der Waals surface area contributed by atoms with Crippen LogP contribution in [0, 0.1) is 6.92 Å². The Balaban J connectivity index is 1.33. The molecule has 1 aliphatic heterocycles. The van der Waals surface area contributed by atoms with E-state index in [1.165, 1.54) is 10.6 Å². The second-order valence-corrected chi connectivity index (χ2v) is 7.41. The molecule has 0 unspecified atom stereocenters. The van der Waals surface area contributed by atoms with E-state index >= 15 is 0 Å². The van der Waals surface area contributed by atoms with Crippen molar-refractivity contribution in [1.29, 1.82) is 0 Å². The van der Waals surface area contributed by atoms with E-state index in [1.54, 1.807) is 24.3 Å². The number of anilines is 1. The summed E-state index contributed by atoms with van der Waals surface area (Å²) < 4.78 is 11.5. The van der Waals surface area contributed by atoms with Gasteiger partial charge in [-0.2, -0.15) is 0 Å². The molecule has 0 spiro atoms. The fourth-order valence-corrected chi connectivity index (χ4v) is 3.25. The van der Waals surface area contributed by atoms with Crippen molar-refractivity contribution in [3.05, 3.63) is 95.6 Å². The van der Waals surface area contributed by atoms with Gasteiger partial charge in [-0.1, -0.05) is 48.0 Å². The zero-order valence-electron chi connectivity index (χ0n) is 17.8. The molecule has 4 rings (SSSR count). The summed E-state index contributed by atoms with van der Waals surface area (Å²) >= 11 is 0. The van der Waals surface area contributed by atoms with Gasteiger partial charge in [-0.25, -0.2) is 5.01 Å². The van der Waals surface area contributed by atoms with Gasteiger partial charge in [0.2, 0.25) is 0 Å². The molecule has 2 amide bonds. The van der Waals surface area contributed by atoms with Crippen LogP contribution in [0.25, 0.3) is 6.08 Å². The lowest BCUT2D eigenvalue weighted by Gasteiger charge is -2.13.